The van der Waals surface area contributed by atoms with Gasteiger partial charge in [-0.3, -0.25) is 4.79 Å². The van der Waals surface area contributed by atoms with Crippen molar-refractivity contribution in [3.05, 3.63) is 57.4 Å². The number of anilines is 1. The normalized spacial score (nSPS) is 12.6. The molecule has 1 N–H and O–H groups in total. The van der Waals surface area contributed by atoms with Crippen LogP contribution in [0.4, 0.5) is 14.5 Å². The topological polar surface area (TPSA) is 55.1 Å². The van der Waals surface area contributed by atoms with E-state index in [2.05, 4.69) is 10.5 Å². The van der Waals surface area contributed by atoms with E-state index < -0.39 is 17.5 Å². The molecular weight excluding hydrogens is 322 g/mol. The highest BCUT2D eigenvalue weighted by molar-refractivity contribution is 7.10. The number of fused-ring (bicyclic) bond motifs is 3. The second-order valence-electron chi connectivity index (χ2n) is 5.17. The first-order valence-electron chi connectivity index (χ1n) is 6.95. The minimum absolute atomic E-state index is 0.0971. The van der Waals surface area contributed by atoms with E-state index in [1.807, 2.05) is 11.4 Å². The van der Waals surface area contributed by atoms with Crippen molar-refractivity contribution in [2.24, 2.45) is 0 Å². The van der Waals surface area contributed by atoms with E-state index >= 15 is 0 Å². The largest absolute Gasteiger partial charge is 0.355 e. The lowest BCUT2D eigenvalue weighted by molar-refractivity contribution is 0.101. The second kappa shape index (κ2) is 5.27. The van der Waals surface area contributed by atoms with E-state index in [9.17, 15) is 13.6 Å². The molecule has 1 aromatic carbocycles. The molecule has 0 spiro atoms. The van der Waals surface area contributed by atoms with Gasteiger partial charge in [0.15, 0.2) is 11.5 Å². The van der Waals surface area contributed by atoms with Gasteiger partial charge in [-0.15, -0.1) is 11.3 Å². The van der Waals surface area contributed by atoms with E-state index in [4.69, 9.17) is 4.52 Å². The third-order valence-corrected chi connectivity index (χ3v) is 4.76. The molecule has 0 radical (unpaired) electrons. The molecule has 0 saturated carbocycles. The second-order valence-corrected chi connectivity index (χ2v) is 6.18. The van der Waals surface area contributed by atoms with Crippen molar-refractivity contribution in [3.8, 4) is 11.3 Å². The first kappa shape index (κ1) is 14.1. The summed E-state index contributed by atoms with van der Waals surface area (Å²) in [5, 5.41) is 8.22. The molecule has 4 rings (SSSR count). The number of amides is 1. The van der Waals surface area contributed by atoms with Crippen molar-refractivity contribution < 1.29 is 18.1 Å². The minimum Gasteiger partial charge on any atom is -0.355 e. The molecule has 0 atom stereocenters. The number of hydrogen-bond donors (Lipinski definition) is 1. The monoisotopic (exact) mass is 332 g/mol. The van der Waals surface area contributed by atoms with Gasteiger partial charge in [-0.05, 0) is 36.4 Å². The number of thiophene rings is 1. The molecule has 23 heavy (non-hydrogen) atoms. The van der Waals surface area contributed by atoms with Crippen molar-refractivity contribution >= 4 is 22.9 Å². The molecule has 0 bridgehead atoms. The van der Waals surface area contributed by atoms with Gasteiger partial charge in [0.25, 0.3) is 5.91 Å². The Labute approximate surface area is 133 Å². The average molecular weight is 332 g/mol. The third-order valence-electron chi connectivity index (χ3n) is 3.77. The SMILES string of the molecule is O=C(Nc1ccc(F)cc1F)c1noc2c1CCc1sccc1-2. The number of aromatic nitrogens is 1. The fraction of sp³-hybridized carbons (Fsp3) is 0.125. The summed E-state index contributed by atoms with van der Waals surface area (Å²) in [7, 11) is 0. The van der Waals surface area contributed by atoms with E-state index in [1.165, 1.54) is 10.9 Å². The maximum Gasteiger partial charge on any atom is 0.278 e. The minimum atomic E-state index is -0.837. The Bertz CT molecular complexity index is 917. The van der Waals surface area contributed by atoms with E-state index in [0.717, 1.165) is 23.6 Å². The van der Waals surface area contributed by atoms with Gasteiger partial charge in [0.1, 0.15) is 11.6 Å². The molecule has 1 aliphatic rings. The van der Waals surface area contributed by atoms with Gasteiger partial charge in [-0.25, -0.2) is 8.78 Å². The number of carbonyl (C=O) groups is 1. The van der Waals surface area contributed by atoms with Crippen molar-refractivity contribution in [1.82, 2.24) is 5.16 Å². The van der Waals surface area contributed by atoms with Crippen LogP contribution in [0.3, 0.4) is 0 Å². The number of nitrogens with zero attached hydrogens (tertiary/aromatic N) is 1. The van der Waals surface area contributed by atoms with Crippen LogP contribution in [0.25, 0.3) is 11.3 Å². The maximum absolute atomic E-state index is 13.6. The number of hydrogen-bond acceptors (Lipinski definition) is 4. The zero-order valence-electron chi connectivity index (χ0n) is 11.7. The van der Waals surface area contributed by atoms with Crippen LogP contribution in [0.5, 0.6) is 0 Å². The highest BCUT2D eigenvalue weighted by Crippen LogP contribution is 2.38. The molecule has 2 aromatic heterocycles. The Morgan fingerprint density at radius 2 is 2.13 bits per heavy atom. The molecule has 4 nitrogen and oxygen atoms in total. The first-order chi connectivity index (χ1) is 11.1. The molecule has 7 heteroatoms. The Morgan fingerprint density at radius 1 is 1.26 bits per heavy atom. The third kappa shape index (κ3) is 2.33. The number of halogens is 2. The van der Waals surface area contributed by atoms with Crippen LogP contribution in [-0.2, 0) is 12.8 Å². The van der Waals surface area contributed by atoms with Crippen LogP contribution >= 0.6 is 11.3 Å². The molecule has 0 unspecified atom stereocenters. The smallest absolute Gasteiger partial charge is 0.278 e. The van der Waals surface area contributed by atoms with Crippen LogP contribution in [-0.4, -0.2) is 11.1 Å². The van der Waals surface area contributed by atoms with Gasteiger partial charge < -0.3 is 9.84 Å². The van der Waals surface area contributed by atoms with Gasteiger partial charge in [0, 0.05) is 22.1 Å². The Kier molecular flexibility index (Phi) is 3.23. The van der Waals surface area contributed by atoms with E-state index in [1.54, 1.807) is 11.3 Å². The van der Waals surface area contributed by atoms with Crippen LogP contribution in [0.1, 0.15) is 20.9 Å². The lowest BCUT2D eigenvalue weighted by Gasteiger charge is -2.10. The Balaban J connectivity index is 1.66. The highest BCUT2D eigenvalue weighted by atomic mass is 32.1. The van der Waals surface area contributed by atoms with E-state index in [0.29, 0.717) is 18.2 Å². The van der Waals surface area contributed by atoms with Crippen molar-refractivity contribution in [2.45, 2.75) is 12.8 Å². The molecule has 0 saturated heterocycles. The summed E-state index contributed by atoms with van der Waals surface area (Å²) in [6.07, 6.45) is 1.45. The zero-order chi connectivity index (χ0) is 16.0. The van der Waals surface area contributed by atoms with Gasteiger partial charge in [0.05, 0.1) is 5.69 Å². The van der Waals surface area contributed by atoms with Crippen molar-refractivity contribution in [3.63, 3.8) is 0 Å². The lowest BCUT2D eigenvalue weighted by atomic mass is 9.95. The molecular formula is C16H10F2N2O2S. The molecule has 1 aliphatic carbocycles. The molecule has 116 valence electrons. The van der Waals surface area contributed by atoms with Gasteiger partial charge in [-0.2, -0.15) is 0 Å². The van der Waals surface area contributed by atoms with E-state index in [-0.39, 0.29) is 11.4 Å². The summed E-state index contributed by atoms with van der Waals surface area (Å²) < 4.78 is 31.9. The molecule has 0 fully saturated rings. The fourth-order valence-corrected chi connectivity index (χ4v) is 3.55. The summed E-state index contributed by atoms with van der Waals surface area (Å²) in [6.45, 7) is 0. The summed E-state index contributed by atoms with van der Waals surface area (Å²) >= 11 is 1.64. The summed E-state index contributed by atoms with van der Waals surface area (Å²) in [4.78, 5) is 13.5. The summed E-state index contributed by atoms with van der Waals surface area (Å²) in [6, 6.07) is 4.90. The van der Waals surface area contributed by atoms with Crippen LogP contribution in [0, 0.1) is 11.6 Å². The molecule has 3 aromatic rings. The standard InChI is InChI=1S/C16H10F2N2O2S/c17-8-1-3-12(11(18)7-8)19-16(21)14-10-2-4-13-9(5-6-23-13)15(10)22-20-14/h1,3,5-7H,2,4H2,(H,19,21). The predicted octanol–water partition coefficient (Wildman–Crippen LogP) is 4.03. The highest BCUT2D eigenvalue weighted by Gasteiger charge is 2.28. The fourth-order valence-electron chi connectivity index (χ4n) is 2.68. The summed E-state index contributed by atoms with van der Waals surface area (Å²) in [5.41, 5.74) is 1.72. The van der Waals surface area contributed by atoms with Gasteiger partial charge in [-0.1, -0.05) is 5.16 Å². The molecule has 0 aliphatic heterocycles. The summed E-state index contributed by atoms with van der Waals surface area (Å²) in [5.74, 6) is -1.52. The predicted molar refractivity (Wildman–Crippen MR) is 81.5 cm³/mol. The quantitative estimate of drug-likeness (QED) is 0.771. The van der Waals surface area contributed by atoms with Crippen molar-refractivity contribution in [2.75, 3.05) is 5.32 Å². The number of carbonyl (C=O) groups excluding carboxylic acids is 1. The Hall–Kier alpha value is -2.54. The number of nitrogens with one attached hydrogen (secondary N) is 1. The first-order valence-corrected chi connectivity index (χ1v) is 7.83. The van der Waals surface area contributed by atoms with Gasteiger partial charge >= 0.3 is 0 Å². The molecule has 1 amide bonds. The Morgan fingerprint density at radius 3 is 2.96 bits per heavy atom. The van der Waals surface area contributed by atoms with Crippen molar-refractivity contribution in [1.29, 1.82) is 0 Å². The maximum atomic E-state index is 13.6. The lowest BCUT2D eigenvalue weighted by Crippen LogP contribution is -2.16. The van der Waals surface area contributed by atoms with Crippen LogP contribution < -0.4 is 5.32 Å². The number of benzene rings is 1. The zero-order valence-corrected chi connectivity index (χ0v) is 12.5. The number of rotatable bonds is 2. The number of aryl methyl sites for hydroxylation is 1. The van der Waals surface area contributed by atoms with Crippen LogP contribution in [0.2, 0.25) is 0 Å². The van der Waals surface area contributed by atoms with Crippen LogP contribution in [0.15, 0.2) is 34.2 Å². The average Bonchev–Trinajstić information content (AvgIpc) is 3.14. The van der Waals surface area contributed by atoms with Gasteiger partial charge in [0.2, 0.25) is 0 Å². The molecule has 2 heterocycles.